The summed E-state index contributed by atoms with van der Waals surface area (Å²) in [7, 11) is 0. The van der Waals surface area contributed by atoms with Crippen LogP contribution in [0.15, 0.2) is 24.3 Å². The van der Waals surface area contributed by atoms with Gasteiger partial charge in [0.25, 0.3) is 0 Å². The first-order valence-corrected chi connectivity index (χ1v) is 5.49. The summed E-state index contributed by atoms with van der Waals surface area (Å²) in [6, 6.07) is 7.86. The highest BCUT2D eigenvalue weighted by molar-refractivity contribution is 5.74. The SMILES string of the molecule is O=C(NCCF)N[C@@H]1CCc2ccccc21. The lowest BCUT2D eigenvalue weighted by atomic mass is 10.1. The topological polar surface area (TPSA) is 41.1 Å². The van der Waals surface area contributed by atoms with E-state index in [1.165, 1.54) is 11.1 Å². The molecular formula is C12H15FN2O. The van der Waals surface area contributed by atoms with Gasteiger partial charge in [0.05, 0.1) is 6.04 Å². The second-order valence-corrected chi connectivity index (χ2v) is 3.88. The minimum Gasteiger partial charge on any atom is -0.336 e. The predicted molar refractivity (Wildman–Crippen MR) is 60.0 cm³/mol. The first-order chi connectivity index (χ1) is 7.81. The highest BCUT2D eigenvalue weighted by atomic mass is 19.1. The van der Waals surface area contributed by atoms with E-state index in [1.54, 1.807) is 0 Å². The van der Waals surface area contributed by atoms with Crippen molar-refractivity contribution in [3.05, 3.63) is 35.4 Å². The summed E-state index contributed by atoms with van der Waals surface area (Å²) >= 11 is 0. The van der Waals surface area contributed by atoms with Gasteiger partial charge in [0.1, 0.15) is 6.67 Å². The first-order valence-electron chi connectivity index (χ1n) is 5.49. The van der Waals surface area contributed by atoms with Gasteiger partial charge in [-0.1, -0.05) is 24.3 Å². The van der Waals surface area contributed by atoms with Crippen molar-refractivity contribution in [2.45, 2.75) is 18.9 Å². The standard InChI is InChI=1S/C12H15FN2O/c13-7-8-14-12(16)15-11-6-5-9-3-1-2-4-10(9)11/h1-4,11H,5-8H2,(H2,14,15,16)/t11-/m1/s1. The number of hydrogen-bond acceptors (Lipinski definition) is 1. The number of carbonyl (C=O) groups excluding carboxylic acids is 1. The lowest BCUT2D eigenvalue weighted by Gasteiger charge is -2.14. The molecule has 1 aromatic carbocycles. The van der Waals surface area contributed by atoms with Crippen LogP contribution in [0.2, 0.25) is 0 Å². The Kier molecular flexibility index (Phi) is 3.39. The summed E-state index contributed by atoms with van der Waals surface area (Å²) in [4.78, 5) is 11.4. The van der Waals surface area contributed by atoms with E-state index in [0.29, 0.717) is 0 Å². The molecule has 0 fully saturated rings. The van der Waals surface area contributed by atoms with Gasteiger partial charge in [-0.3, -0.25) is 0 Å². The van der Waals surface area contributed by atoms with Crippen molar-refractivity contribution in [3.63, 3.8) is 0 Å². The van der Waals surface area contributed by atoms with Crippen LogP contribution in [0.4, 0.5) is 9.18 Å². The molecular weight excluding hydrogens is 207 g/mol. The Morgan fingerprint density at radius 2 is 2.25 bits per heavy atom. The Bertz CT molecular complexity index is 381. The zero-order valence-electron chi connectivity index (χ0n) is 9.00. The van der Waals surface area contributed by atoms with Crippen LogP contribution in [0.3, 0.4) is 0 Å². The number of rotatable bonds is 3. The number of nitrogens with one attached hydrogen (secondary N) is 2. The molecule has 4 heteroatoms. The van der Waals surface area contributed by atoms with E-state index in [1.807, 2.05) is 18.2 Å². The van der Waals surface area contributed by atoms with E-state index in [-0.39, 0.29) is 18.6 Å². The zero-order chi connectivity index (χ0) is 11.4. The third-order valence-electron chi connectivity index (χ3n) is 2.82. The maximum absolute atomic E-state index is 11.9. The molecule has 0 heterocycles. The Morgan fingerprint density at radius 3 is 3.06 bits per heavy atom. The van der Waals surface area contributed by atoms with Crippen LogP contribution < -0.4 is 10.6 Å². The highest BCUT2D eigenvalue weighted by Crippen LogP contribution is 2.30. The van der Waals surface area contributed by atoms with E-state index < -0.39 is 6.67 Å². The quantitative estimate of drug-likeness (QED) is 0.806. The van der Waals surface area contributed by atoms with Gasteiger partial charge in [-0.2, -0.15) is 0 Å². The van der Waals surface area contributed by atoms with E-state index >= 15 is 0 Å². The number of halogens is 1. The van der Waals surface area contributed by atoms with Crippen LogP contribution in [-0.4, -0.2) is 19.3 Å². The molecule has 0 aliphatic heterocycles. The molecule has 3 nitrogen and oxygen atoms in total. The largest absolute Gasteiger partial charge is 0.336 e. The van der Waals surface area contributed by atoms with Crippen LogP contribution in [0.5, 0.6) is 0 Å². The fourth-order valence-corrected chi connectivity index (χ4v) is 2.08. The maximum atomic E-state index is 11.9. The van der Waals surface area contributed by atoms with Crippen molar-refractivity contribution in [3.8, 4) is 0 Å². The molecule has 1 aliphatic carbocycles. The third-order valence-corrected chi connectivity index (χ3v) is 2.82. The number of benzene rings is 1. The van der Waals surface area contributed by atoms with Crippen molar-refractivity contribution in [1.29, 1.82) is 0 Å². The predicted octanol–water partition coefficient (Wildman–Crippen LogP) is 1.94. The molecule has 2 amide bonds. The van der Waals surface area contributed by atoms with Crippen molar-refractivity contribution in [1.82, 2.24) is 10.6 Å². The van der Waals surface area contributed by atoms with Crippen molar-refractivity contribution < 1.29 is 9.18 Å². The number of hydrogen-bond donors (Lipinski definition) is 2. The van der Waals surface area contributed by atoms with Crippen molar-refractivity contribution in [2.24, 2.45) is 0 Å². The summed E-state index contributed by atoms with van der Waals surface area (Å²) < 4.78 is 11.9. The van der Waals surface area contributed by atoms with Gasteiger partial charge >= 0.3 is 6.03 Å². The average Bonchev–Trinajstić information content (AvgIpc) is 2.70. The Labute approximate surface area is 94.0 Å². The number of amides is 2. The van der Waals surface area contributed by atoms with Crippen LogP contribution in [0, 0.1) is 0 Å². The Balaban J connectivity index is 1.95. The number of fused-ring (bicyclic) bond motifs is 1. The van der Waals surface area contributed by atoms with Crippen LogP contribution in [-0.2, 0) is 6.42 Å². The Hall–Kier alpha value is -1.58. The normalized spacial score (nSPS) is 17.9. The van der Waals surface area contributed by atoms with Gasteiger partial charge in [-0.15, -0.1) is 0 Å². The highest BCUT2D eigenvalue weighted by Gasteiger charge is 2.22. The number of alkyl halides is 1. The summed E-state index contributed by atoms with van der Waals surface area (Å²) in [6.07, 6.45) is 1.91. The minimum absolute atomic E-state index is 0.0656. The van der Waals surface area contributed by atoms with Crippen molar-refractivity contribution in [2.75, 3.05) is 13.2 Å². The van der Waals surface area contributed by atoms with E-state index in [0.717, 1.165) is 12.8 Å². The number of urea groups is 1. The van der Waals surface area contributed by atoms with Gasteiger partial charge in [-0.05, 0) is 24.0 Å². The number of carbonyl (C=O) groups is 1. The van der Waals surface area contributed by atoms with Crippen LogP contribution in [0.25, 0.3) is 0 Å². The molecule has 1 atom stereocenters. The molecule has 0 unspecified atom stereocenters. The summed E-state index contributed by atoms with van der Waals surface area (Å²) in [6.45, 7) is -0.463. The molecule has 2 N–H and O–H groups in total. The summed E-state index contributed by atoms with van der Waals surface area (Å²) in [5.41, 5.74) is 2.47. The monoisotopic (exact) mass is 222 g/mol. The lowest BCUT2D eigenvalue weighted by Crippen LogP contribution is -2.38. The summed E-state index contributed by atoms with van der Waals surface area (Å²) in [5.74, 6) is 0. The fraction of sp³-hybridized carbons (Fsp3) is 0.417. The van der Waals surface area contributed by atoms with Gasteiger partial charge in [0.15, 0.2) is 0 Å². The first kappa shape index (κ1) is 10.9. The van der Waals surface area contributed by atoms with E-state index in [4.69, 9.17) is 0 Å². The summed E-state index contributed by atoms with van der Waals surface area (Å²) in [5, 5.41) is 5.32. The van der Waals surface area contributed by atoms with Gasteiger partial charge < -0.3 is 10.6 Å². The molecule has 0 radical (unpaired) electrons. The number of aryl methyl sites for hydroxylation is 1. The lowest BCUT2D eigenvalue weighted by molar-refractivity contribution is 0.236. The molecule has 0 saturated heterocycles. The fourth-order valence-electron chi connectivity index (χ4n) is 2.08. The van der Waals surface area contributed by atoms with E-state index in [2.05, 4.69) is 16.7 Å². The maximum Gasteiger partial charge on any atom is 0.315 e. The Morgan fingerprint density at radius 1 is 1.44 bits per heavy atom. The van der Waals surface area contributed by atoms with Crippen molar-refractivity contribution >= 4 is 6.03 Å². The van der Waals surface area contributed by atoms with Crippen LogP contribution >= 0.6 is 0 Å². The molecule has 1 aliphatic rings. The zero-order valence-corrected chi connectivity index (χ0v) is 9.00. The second-order valence-electron chi connectivity index (χ2n) is 3.88. The second kappa shape index (κ2) is 4.96. The molecule has 0 bridgehead atoms. The smallest absolute Gasteiger partial charge is 0.315 e. The molecule has 1 aromatic rings. The molecule has 0 saturated carbocycles. The molecule has 16 heavy (non-hydrogen) atoms. The van der Waals surface area contributed by atoms with Crippen LogP contribution in [0.1, 0.15) is 23.6 Å². The molecule has 0 spiro atoms. The molecule has 0 aromatic heterocycles. The molecule has 2 rings (SSSR count). The van der Waals surface area contributed by atoms with E-state index in [9.17, 15) is 9.18 Å². The minimum atomic E-state index is -0.533. The van der Waals surface area contributed by atoms with Gasteiger partial charge in [-0.25, -0.2) is 9.18 Å². The molecule has 86 valence electrons. The third kappa shape index (κ3) is 2.32. The van der Waals surface area contributed by atoms with Gasteiger partial charge in [0, 0.05) is 6.54 Å². The average molecular weight is 222 g/mol. The van der Waals surface area contributed by atoms with Gasteiger partial charge in [0.2, 0.25) is 0 Å².